The Morgan fingerprint density at radius 2 is 2.05 bits per heavy atom. The highest BCUT2D eigenvalue weighted by Gasteiger charge is 2.16. The number of nitrogens with one attached hydrogen (secondary N) is 1. The van der Waals surface area contributed by atoms with Crippen molar-refractivity contribution in [2.45, 2.75) is 43.2 Å². The fourth-order valence-corrected chi connectivity index (χ4v) is 2.77. The molecule has 0 atom stereocenters. The molecule has 0 bridgehead atoms. The minimum absolute atomic E-state index is 0.342. The summed E-state index contributed by atoms with van der Waals surface area (Å²) < 4.78 is 0. The lowest BCUT2D eigenvalue weighted by molar-refractivity contribution is 0.799. The van der Waals surface area contributed by atoms with E-state index in [2.05, 4.69) is 46.0 Å². The van der Waals surface area contributed by atoms with E-state index in [0.717, 1.165) is 34.4 Å². The largest absolute Gasteiger partial charge is 0.370 e. The first-order chi connectivity index (χ1) is 9.72. The normalized spacial score (nSPS) is 10.8. The van der Waals surface area contributed by atoms with E-state index in [1.54, 1.807) is 24.9 Å². The molecule has 20 heavy (non-hydrogen) atoms. The molecule has 5 nitrogen and oxygen atoms in total. The lowest BCUT2D eigenvalue weighted by Crippen LogP contribution is -2.08. The first-order valence-corrected chi connectivity index (χ1v) is 7.56. The Balaban J connectivity index is 2.32. The molecular formula is C14H19N5S. The molecule has 0 aromatic carbocycles. The van der Waals surface area contributed by atoms with Crippen LogP contribution in [0.3, 0.4) is 0 Å². The third kappa shape index (κ3) is 3.66. The van der Waals surface area contributed by atoms with Gasteiger partial charge in [0.15, 0.2) is 0 Å². The van der Waals surface area contributed by atoms with Gasteiger partial charge in [0, 0.05) is 24.5 Å². The molecule has 1 N–H and O–H groups in total. The molecule has 0 amide bonds. The fourth-order valence-electron chi connectivity index (χ4n) is 1.80. The van der Waals surface area contributed by atoms with Crippen LogP contribution in [0.2, 0.25) is 0 Å². The molecule has 2 heterocycles. The Kier molecular flexibility index (Phi) is 5.29. The molecule has 0 saturated heterocycles. The maximum atomic E-state index is 4.41. The van der Waals surface area contributed by atoms with Crippen molar-refractivity contribution in [1.82, 2.24) is 19.9 Å². The van der Waals surface area contributed by atoms with Crippen LogP contribution >= 0.6 is 11.8 Å². The van der Waals surface area contributed by atoms with Crippen molar-refractivity contribution in [3.8, 4) is 0 Å². The summed E-state index contributed by atoms with van der Waals surface area (Å²) in [6.07, 6.45) is 7.77. The number of aromatic nitrogens is 4. The van der Waals surface area contributed by atoms with Crippen LogP contribution in [-0.4, -0.2) is 26.5 Å². The lowest BCUT2D eigenvalue weighted by Gasteiger charge is -2.16. The highest BCUT2D eigenvalue weighted by atomic mass is 32.2. The van der Waals surface area contributed by atoms with E-state index in [0.29, 0.717) is 5.92 Å². The van der Waals surface area contributed by atoms with Crippen molar-refractivity contribution in [1.29, 1.82) is 0 Å². The van der Waals surface area contributed by atoms with Gasteiger partial charge in [0.2, 0.25) is 0 Å². The molecule has 2 aromatic heterocycles. The molecule has 0 unspecified atom stereocenters. The second kappa shape index (κ2) is 7.19. The zero-order valence-electron chi connectivity index (χ0n) is 12.0. The number of rotatable bonds is 6. The van der Waals surface area contributed by atoms with Gasteiger partial charge in [-0.05, 0) is 24.1 Å². The molecule has 0 aliphatic heterocycles. The van der Waals surface area contributed by atoms with Crippen LogP contribution in [0.5, 0.6) is 0 Å². The van der Waals surface area contributed by atoms with E-state index in [1.807, 2.05) is 0 Å². The Morgan fingerprint density at radius 3 is 2.70 bits per heavy atom. The van der Waals surface area contributed by atoms with Crippen LogP contribution < -0.4 is 5.32 Å². The van der Waals surface area contributed by atoms with Crippen LogP contribution in [0, 0.1) is 0 Å². The van der Waals surface area contributed by atoms with Crippen LogP contribution in [0.4, 0.5) is 5.82 Å². The highest BCUT2D eigenvalue weighted by molar-refractivity contribution is 7.99. The van der Waals surface area contributed by atoms with Gasteiger partial charge < -0.3 is 5.32 Å². The maximum absolute atomic E-state index is 4.41. The van der Waals surface area contributed by atoms with Crippen molar-refractivity contribution in [2.24, 2.45) is 0 Å². The molecule has 0 radical (unpaired) electrons. The van der Waals surface area contributed by atoms with E-state index in [4.69, 9.17) is 0 Å². The molecule has 2 aromatic rings. The topological polar surface area (TPSA) is 63.6 Å². The van der Waals surface area contributed by atoms with Gasteiger partial charge in [-0.3, -0.25) is 4.98 Å². The van der Waals surface area contributed by atoms with Gasteiger partial charge in [-0.15, -0.1) is 0 Å². The first-order valence-electron chi connectivity index (χ1n) is 6.75. The molecule has 0 aliphatic carbocycles. The number of hydrogen-bond acceptors (Lipinski definition) is 6. The number of nitrogens with zero attached hydrogens (tertiary/aromatic N) is 4. The molecule has 2 rings (SSSR count). The molecule has 0 saturated carbocycles. The standard InChI is InChI=1S/C14H19N5S/c1-4-5-17-13-12(10(2)3)14(19-9-18-13)20-11-8-15-6-7-16-11/h6-10H,4-5H2,1-3H3,(H,17,18,19). The molecule has 0 fully saturated rings. The molecule has 106 valence electrons. The van der Waals surface area contributed by atoms with Crippen molar-refractivity contribution < 1.29 is 0 Å². The maximum Gasteiger partial charge on any atom is 0.134 e. The smallest absolute Gasteiger partial charge is 0.134 e. The Labute approximate surface area is 123 Å². The van der Waals surface area contributed by atoms with Crippen LogP contribution in [-0.2, 0) is 0 Å². The second-order valence-corrected chi connectivity index (χ2v) is 5.68. The van der Waals surface area contributed by atoms with E-state index in [1.165, 1.54) is 11.8 Å². The third-order valence-corrected chi connectivity index (χ3v) is 3.65. The molecule has 0 spiro atoms. The van der Waals surface area contributed by atoms with Gasteiger partial charge in [0.25, 0.3) is 0 Å². The highest BCUT2D eigenvalue weighted by Crippen LogP contribution is 2.34. The van der Waals surface area contributed by atoms with E-state index >= 15 is 0 Å². The third-order valence-electron chi connectivity index (χ3n) is 2.71. The van der Waals surface area contributed by atoms with Gasteiger partial charge in [-0.1, -0.05) is 20.8 Å². The van der Waals surface area contributed by atoms with Crippen molar-refractivity contribution in [3.63, 3.8) is 0 Å². The summed E-state index contributed by atoms with van der Waals surface area (Å²) in [4.78, 5) is 17.1. The fraction of sp³-hybridized carbons (Fsp3) is 0.429. The van der Waals surface area contributed by atoms with Crippen molar-refractivity contribution in [2.75, 3.05) is 11.9 Å². The summed E-state index contributed by atoms with van der Waals surface area (Å²) in [5.74, 6) is 1.26. The quantitative estimate of drug-likeness (QED) is 0.823. The molecule has 0 aliphatic rings. The summed E-state index contributed by atoms with van der Waals surface area (Å²) >= 11 is 1.53. The summed E-state index contributed by atoms with van der Waals surface area (Å²) in [6, 6.07) is 0. The Hall–Kier alpha value is -1.69. The minimum Gasteiger partial charge on any atom is -0.370 e. The van der Waals surface area contributed by atoms with Gasteiger partial charge in [0.1, 0.15) is 22.2 Å². The van der Waals surface area contributed by atoms with Gasteiger partial charge in [0.05, 0.1) is 6.20 Å². The van der Waals surface area contributed by atoms with Crippen LogP contribution in [0.15, 0.2) is 35.0 Å². The summed E-state index contributed by atoms with van der Waals surface area (Å²) in [7, 11) is 0. The van der Waals surface area contributed by atoms with Crippen LogP contribution in [0.1, 0.15) is 38.7 Å². The zero-order chi connectivity index (χ0) is 14.4. The predicted molar refractivity (Wildman–Crippen MR) is 81.1 cm³/mol. The monoisotopic (exact) mass is 289 g/mol. The van der Waals surface area contributed by atoms with Gasteiger partial charge in [-0.25, -0.2) is 15.0 Å². The van der Waals surface area contributed by atoms with Gasteiger partial charge >= 0.3 is 0 Å². The van der Waals surface area contributed by atoms with E-state index < -0.39 is 0 Å². The summed E-state index contributed by atoms with van der Waals surface area (Å²) in [5, 5.41) is 5.15. The van der Waals surface area contributed by atoms with Crippen LogP contribution in [0.25, 0.3) is 0 Å². The zero-order valence-corrected chi connectivity index (χ0v) is 12.8. The lowest BCUT2D eigenvalue weighted by atomic mass is 10.1. The molecular weight excluding hydrogens is 270 g/mol. The number of hydrogen-bond donors (Lipinski definition) is 1. The van der Waals surface area contributed by atoms with E-state index in [-0.39, 0.29) is 0 Å². The summed E-state index contributed by atoms with van der Waals surface area (Å²) in [6.45, 7) is 7.34. The average molecular weight is 289 g/mol. The number of anilines is 1. The van der Waals surface area contributed by atoms with E-state index in [9.17, 15) is 0 Å². The van der Waals surface area contributed by atoms with Crippen molar-refractivity contribution >= 4 is 17.6 Å². The average Bonchev–Trinajstić information content (AvgIpc) is 2.46. The molecule has 6 heteroatoms. The predicted octanol–water partition coefficient (Wildman–Crippen LogP) is 3.36. The second-order valence-electron chi connectivity index (χ2n) is 4.67. The summed E-state index contributed by atoms with van der Waals surface area (Å²) in [5.41, 5.74) is 1.14. The minimum atomic E-state index is 0.342. The SMILES string of the molecule is CCCNc1ncnc(Sc2cnccn2)c1C(C)C. The van der Waals surface area contributed by atoms with Crippen molar-refractivity contribution in [3.05, 3.63) is 30.5 Å². The Bertz CT molecular complexity index is 545. The van der Waals surface area contributed by atoms with Gasteiger partial charge in [-0.2, -0.15) is 0 Å². The first kappa shape index (κ1) is 14.7. The Morgan fingerprint density at radius 1 is 1.20 bits per heavy atom.